The van der Waals surface area contributed by atoms with Gasteiger partial charge in [0, 0.05) is 36.7 Å². The van der Waals surface area contributed by atoms with Crippen molar-refractivity contribution in [3.63, 3.8) is 0 Å². The van der Waals surface area contributed by atoms with E-state index in [4.69, 9.17) is 11.6 Å². The van der Waals surface area contributed by atoms with E-state index in [1.54, 1.807) is 0 Å². The van der Waals surface area contributed by atoms with Crippen LogP contribution in [0.5, 0.6) is 0 Å². The lowest BCUT2D eigenvalue weighted by Gasteiger charge is -2.42. The molecule has 1 aromatic carbocycles. The number of fused-ring (bicyclic) bond motifs is 1. The lowest BCUT2D eigenvalue weighted by atomic mass is 10.1. The van der Waals surface area contributed by atoms with E-state index >= 15 is 0 Å². The zero-order chi connectivity index (χ0) is 12.5. The van der Waals surface area contributed by atoms with Gasteiger partial charge in [0.1, 0.15) is 0 Å². The topological polar surface area (TPSA) is 6.48 Å². The Hall–Kier alpha value is -0.570. The minimum atomic E-state index is 0.662. The molecule has 2 aliphatic heterocycles. The van der Waals surface area contributed by atoms with Crippen molar-refractivity contribution in [1.82, 2.24) is 9.80 Å². The first-order chi connectivity index (χ1) is 8.72. The highest BCUT2D eigenvalue weighted by Gasteiger charge is 2.33. The molecule has 98 valence electrons. The second-order valence-corrected chi connectivity index (χ2v) is 6.13. The van der Waals surface area contributed by atoms with Crippen LogP contribution in [0, 0.1) is 0 Å². The fourth-order valence-electron chi connectivity index (χ4n) is 3.29. The first-order valence-corrected chi connectivity index (χ1v) is 7.33. The first-order valence-electron chi connectivity index (χ1n) is 6.95. The fraction of sp³-hybridized carbons (Fsp3) is 0.600. The normalized spacial score (nSPS) is 29.4. The molecule has 0 N–H and O–H groups in total. The van der Waals surface area contributed by atoms with Crippen LogP contribution >= 0.6 is 11.6 Å². The molecule has 0 saturated carbocycles. The Morgan fingerprint density at radius 1 is 1.22 bits per heavy atom. The zero-order valence-corrected chi connectivity index (χ0v) is 11.7. The quantitative estimate of drug-likeness (QED) is 0.810. The van der Waals surface area contributed by atoms with Crippen molar-refractivity contribution in [1.29, 1.82) is 0 Å². The average Bonchev–Trinajstić information content (AvgIpc) is 2.79. The monoisotopic (exact) mass is 264 g/mol. The second kappa shape index (κ2) is 5.20. The maximum absolute atomic E-state index is 5.94. The summed E-state index contributed by atoms with van der Waals surface area (Å²) in [5.41, 5.74) is 1.37. The number of piperazine rings is 1. The third-order valence-electron chi connectivity index (χ3n) is 4.37. The molecule has 0 amide bonds. The molecule has 2 atom stereocenters. The standard InChI is InChI=1S/C15H21ClN2/c1-12-9-17-8-2-3-15(17)11-18(12)10-13-4-6-14(16)7-5-13/h4-7,12,15H,2-3,8-11H2,1H3/t12-,15-/m1/s1. The van der Waals surface area contributed by atoms with Gasteiger partial charge in [-0.05, 0) is 44.0 Å². The number of hydrogen-bond donors (Lipinski definition) is 0. The highest BCUT2D eigenvalue weighted by atomic mass is 35.5. The Morgan fingerprint density at radius 2 is 2.00 bits per heavy atom. The van der Waals surface area contributed by atoms with Gasteiger partial charge in [-0.2, -0.15) is 0 Å². The molecule has 3 heteroatoms. The van der Waals surface area contributed by atoms with Gasteiger partial charge in [-0.3, -0.25) is 9.80 Å². The summed E-state index contributed by atoms with van der Waals surface area (Å²) < 4.78 is 0. The van der Waals surface area contributed by atoms with E-state index in [0.717, 1.165) is 17.6 Å². The van der Waals surface area contributed by atoms with Gasteiger partial charge < -0.3 is 0 Å². The Bertz CT molecular complexity index is 403. The van der Waals surface area contributed by atoms with Gasteiger partial charge in [0.15, 0.2) is 0 Å². The van der Waals surface area contributed by atoms with Gasteiger partial charge in [-0.1, -0.05) is 23.7 Å². The lowest BCUT2D eigenvalue weighted by Crippen LogP contribution is -2.54. The van der Waals surface area contributed by atoms with Crippen LogP contribution in [0.3, 0.4) is 0 Å². The smallest absolute Gasteiger partial charge is 0.0406 e. The molecule has 0 aromatic heterocycles. The molecule has 0 aliphatic carbocycles. The van der Waals surface area contributed by atoms with Crippen LogP contribution in [-0.4, -0.2) is 41.5 Å². The van der Waals surface area contributed by atoms with E-state index in [2.05, 4.69) is 28.9 Å². The molecular weight excluding hydrogens is 244 g/mol. The summed E-state index contributed by atoms with van der Waals surface area (Å²) in [4.78, 5) is 5.29. The van der Waals surface area contributed by atoms with Crippen LogP contribution in [0.1, 0.15) is 25.3 Å². The molecule has 0 spiro atoms. The summed E-state index contributed by atoms with van der Waals surface area (Å²) in [5, 5.41) is 0.826. The lowest BCUT2D eigenvalue weighted by molar-refractivity contribution is 0.0540. The van der Waals surface area contributed by atoms with Crippen LogP contribution in [0.4, 0.5) is 0 Å². The van der Waals surface area contributed by atoms with E-state index in [0.29, 0.717) is 6.04 Å². The molecule has 2 nitrogen and oxygen atoms in total. The van der Waals surface area contributed by atoms with Gasteiger partial charge in [0.2, 0.25) is 0 Å². The van der Waals surface area contributed by atoms with Crippen LogP contribution in [0.25, 0.3) is 0 Å². The molecule has 2 fully saturated rings. The molecule has 1 aromatic rings. The van der Waals surface area contributed by atoms with E-state index < -0.39 is 0 Å². The van der Waals surface area contributed by atoms with Crippen LogP contribution in [0.15, 0.2) is 24.3 Å². The Labute approximate surface area is 115 Å². The Morgan fingerprint density at radius 3 is 2.78 bits per heavy atom. The molecular formula is C15H21ClN2. The van der Waals surface area contributed by atoms with Crippen molar-refractivity contribution < 1.29 is 0 Å². The molecule has 3 rings (SSSR count). The number of rotatable bonds is 2. The highest BCUT2D eigenvalue weighted by Crippen LogP contribution is 2.25. The number of hydrogen-bond acceptors (Lipinski definition) is 2. The number of halogens is 1. The Balaban J connectivity index is 1.66. The molecule has 0 unspecified atom stereocenters. The fourth-order valence-corrected chi connectivity index (χ4v) is 3.42. The highest BCUT2D eigenvalue weighted by molar-refractivity contribution is 6.30. The maximum Gasteiger partial charge on any atom is 0.0406 e. The summed E-state index contributed by atoms with van der Waals surface area (Å²) in [7, 11) is 0. The summed E-state index contributed by atoms with van der Waals surface area (Å²) >= 11 is 5.94. The molecule has 2 heterocycles. The summed E-state index contributed by atoms with van der Waals surface area (Å²) in [6.45, 7) is 7.18. The Kier molecular flexibility index (Phi) is 3.60. The van der Waals surface area contributed by atoms with Crippen molar-refractivity contribution in [3.05, 3.63) is 34.9 Å². The number of nitrogens with zero attached hydrogens (tertiary/aromatic N) is 2. The molecule has 18 heavy (non-hydrogen) atoms. The maximum atomic E-state index is 5.94. The van der Waals surface area contributed by atoms with Crippen molar-refractivity contribution in [2.24, 2.45) is 0 Å². The first kappa shape index (κ1) is 12.5. The van der Waals surface area contributed by atoms with Gasteiger partial charge in [0.05, 0.1) is 0 Å². The third kappa shape index (κ3) is 2.56. The molecule has 2 saturated heterocycles. The number of benzene rings is 1. The third-order valence-corrected chi connectivity index (χ3v) is 4.62. The zero-order valence-electron chi connectivity index (χ0n) is 11.0. The largest absolute Gasteiger partial charge is 0.298 e. The van der Waals surface area contributed by atoms with E-state index in [-0.39, 0.29) is 0 Å². The van der Waals surface area contributed by atoms with Crippen molar-refractivity contribution in [2.45, 2.75) is 38.4 Å². The molecule has 0 bridgehead atoms. The average molecular weight is 265 g/mol. The van der Waals surface area contributed by atoms with E-state index in [1.807, 2.05) is 12.1 Å². The predicted molar refractivity (Wildman–Crippen MR) is 75.9 cm³/mol. The van der Waals surface area contributed by atoms with Gasteiger partial charge >= 0.3 is 0 Å². The van der Waals surface area contributed by atoms with Crippen molar-refractivity contribution in [3.8, 4) is 0 Å². The van der Waals surface area contributed by atoms with Gasteiger partial charge in [-0.25, -0.2) is 0 Å². The van der Waals surface area contributed by atoms with Crippen molar-refractivity contribution in [2.75, 3.05) is 19.6 Å². The SMILES string of the molecule is C[C@@H]1CN2CCC[C@@H]2CN1Cc1ccc(Cl)cc1. The molecule has 2 aliphatic rings. The van der Waals surface area contributed by atoms with E-state index in [1.165, 1.54) is 38.0 Å². The minimum Gasteiger partial charge on any atom is -0.298 e. The minimum absolute atomic E-state index is 0.662. The summed E-state index contributed by atoms with van der Waals surface area (Å²) in [5.74, 6) is 0. The van der Waals surface area contributed by atoms with Crippen LogP contribution in [-0.2, 0) is 6.54 Å². The second-order valence-electron chi connectivity index (χ2n) is 5.70. The summed E-state index contributed by atoms with van der Waals surface area (Å²) in [6, 6.07) is 9.75. The summed E-state index contributed by atoms with van der Waals surface area (Å²) in [6.07, 6.45) is 2.76. The van der Waals surface area contributed by atoms with E-state index in [9.17, 15) is 0 Å². The predicted octanol–water partition coefficient (Wildman–Crippen LogP) is 3.01. The molecule has 0 radical (unpaired) electrons. The van der Waals surface area contributed by atoms with Crippen LogP contribution < -0.4 is 0 Å². The van der Waals surface area contributed by atoms with Crippen LogP contribution in [0.2, 0.25) is 5.02 Å². The van der Waals surface area contributed by atoms with Gasteiger partial charge in [-0.15, -0.1) is 0 Å². The van der Waals surface area contributed by atoms with Crippen molar-refractivity contribution >= 4 is 11.6 Å². The van der Waals surface area contributed by atoms with Gasteiger partial charge in [0.25, 0.3) is 0 Å².